The number of sulfonamides is 2. The topological polar surface area (TPSA) is 133 Å². The van der Waals surface area contributed by atoms with E-state index in [1.165, 1.54) is 26.9 Å². The summed E-state index contributed by atoms with van der Waals surface area (Å²) in [5.74, 6) is 0. The van der Waals surface area contributed by atoms with Gasteiger partial charge in [-0.25, -0.2) is 16.8 Å². The van der Waals surface area contributed by atoms with Gasteiger partial charge in [0.2, 0.25) is 20.0 Å². The Kier molecular flexibility index (Phi) is 15.0. The Labute approximate surface area is 352 Å². The van der Waals surface area contributed by atoms with Crippen LogP contribution in [0.15, 0.2) is 107 Å². The fourth-order valence-electron chi connectivity index (χ4n) is 7.54. The van der Waals surface area contributed by atoms with Gasteiger partial charge in [0.15, 0.2) is 6.29 Å². The van der Waals surface area contributed by atoms with Gasteiger partial charge in [-0.05, 0) is 125 Å². The normalized spacial score (nSPS) is 18.5. The highest BCUT2D eigenvalue weighted by molar-refractivity contribution is 7.89. The van der Waals surface area contributed by atoms with Crippen LogP contribution in [0.1, 0.15) is 78.4 Å². The molecule has 4 aromatic rings. The molecule has 0 amide bonds. The molecule has 4 aliphatic rings. The summed E-state index contributed by atoms with van der Waals surface area (Å²) in [4.78, 5) is 19.5. The third-order valence-electron chi connectivity index (χ3n) is 10.8. The number of benzene rings is 2. The van der Waals surface area contributed by atoms with Crippen LogP contribution in [-0.4, -0.2) is 96.9 Å². The first-order valence-corrected chi connectivity index (χ1v) is 23.0. The predicted octanol–water partition coefficient (Wildman–Crippen LogP) is 7.42. The van der Waals surface area contributed by atoms with Crippen molar-refractivity contribution in [2.75, 3.05) is 26.2 Å². The Balaban J connectivity index is 0.000000177. The zero-order chi connectivity index (χ0) is 43.8. The van der Waals surface area contributed by atoms with E-state index in [2.05, 4.69) is 20.2 Å². The number of nitrogens with one attached hydrogen (secondary N) is 1. The van der Waals surface area contributed by atoms with E-state index < -0.39 is 43.5 Å². The Bertz CT molecular complexity index is 2270. The molecule has 0 spiro atoms. The van der Waals surface area contributed by atoms with Crippen molar-refractivity contribution in [3.05, 3.63) is 120 Å². The lowest BCUT2D eigenvalue weighted by Gasteiger charge is -2.38. The van der Waals surface area contributed by atoms with Crippen LogP contribution in [0.4, 0.5) is 26.3 Å². The van der Waals surface area contributed by atoms with Crippen molar-refractivity contribution in [2.24, 2.45) is 0 Å². The van der Waals surface area contributed by atoms with E-state index in [0.29, 0.717) is 31.2 Å². The molecule has 11 nitrogen and oxygen atoms in total. The molecule has 1 N–H and O–H groups in total. The number of pyridine rings is 2. The van der Waals surface area contributed by atoms with Crippen LogP contribution in [0.5, 0.6) is 0 Å². The largest absolute Gasteiger partial charge is 0.416 e. The molecule has 2 saturated heterocycles. The summed E-state index contributed by atoms with van der Waals surface area (Å²) in [5, 5.41) is 3.18. The number of alkyl halides is 6. The molecule has 4 heterocycles. The van der Waals surface area contributed by atoms with Crippen LogP contribution in [0.2, 0.25) is 0 Å². The van der Waals surface area contributed by atoms with E-state index >= 15 is 0 Å². The van der Waals surface area contributed by atoms with Gasteiger partial charge in [-0.1, -0.05) is 18.2 Å². The smallest absolute Gasteiger partial charge is 0.317 e. The molecule has 4 fully saturated rings. The average Bonchev–Trinajstić information content (AvgIpc) is 4.20. The molecular formula is C42H48F6N6O5S2. The van der Waals surface area contributed by atoms with E-state index in [4.69, 9.17) is 0 Å². The number of nitrogens with zero attached hydrogens (tertiary/aromatic N) is 5. The maximum atomic E-state index is 13.3. The van der Waals surface area contributed by atoms with Gasteiger partial charge in [0.1, 0.15) is 0 Å². The van der Waals surface area contributed by atoms with Crippen molar-refractivity contribution in [3.8, 4) is 0 Å². The minimum absolute atomic E-state index is 0.0716. The SMILES string of the molecule is O=Cc1cccnc1.O=S(=O)(c1cccc(C(F)(F)F)c1)N(C1CC1)C1CCN(Cc2cccnc2)CC1.O=S(=O)(c1cccc(C(F)(F)F)c1)N(C1CCNCC1)C1CC1. The molecule has 8 rings (SSSR count). The number of hydrogen-bond acceptors (Lipinski definition) is 9. The van der Waals surface area contributed by atoms with E-state index in [-0.39, 0.29) is 34.0 Å². The summed E-state index contributed by atoms with van der Waals surface area (Å²) in [5.41, 5.74) is -0.149. The lowest BCUT2D eigenvalue weighted by atomic mass is 10.0. The third-order valence-corrected chi connectivity index (χ3v) is 14.8. The van der Waals surface area contributed by atoms with E-state index in [1.54, 1.807) is 24.5 Å². The molecule has 19 heteroatoms. The molecule has 0 unspecified atom stereocenters. The molecular weight excluding hydrogens is 847 g/mol. The van der Waals surface area contributed by atoms with Gasteiger partial charge < -0.3 is 5.32 Å². The Morgan fingerprint density at radius 2 is 1.08 bits per heavy atom. The van der Waals surface area contributed by atoms with Crippen LogP contribution in [0.25, 0.3) is 0 Å². The van der Waals surface area contributed by atoms with Crippen molar-refractivity contribution in [3.63, 3.8) is 0 Å². The Morgan fingerprint density at radius 3 is 1.48 bits per heavy atom. The number of carbonyl (C=O) groups is 1. The van der Waals surface area contributed by atoms with Gasteiger partial charge in [0.05, 0.1) is 20.9 Å². The van der Waals surface area contributed by atoms with Crippen LogP contribution in [0, 0.1) is 0 Å². The van der Waals surface area contributed by atoms with Gasteiger partial charge in [0.25, 0.3) is 0 Å². The van der Waals surface area contributed by atoms with Crippen LogP contribution in [0.3, 0.4) is 0 Å². The van der Waals surface area contributed by atoms with Gasteiger partial charge >= 0.3 is 12.4 Å². The average molecular weight is 895 g/mol. The van der Waals surface area contributed by atoms with Crippen molar-refractivity contribution < 1.29 is 48.0 Å². The van der Waals surface area contributed by atoms with Crippen molar-refractivity contribution >= 4 is 26.3 Å². The first-order valence-electron chi connectivity index (χ1n) is 20.1. The molecule has 0 radical (unpaired) electrons. The summed E-state index contributed by atoms with van der Waals surface area (Å²) in [7, 11) is -7.91. The number of hydrogen-bond donors (Lipinski definition) is 1. The quantitative estimate of drug-likeness (QED) is 0.121. The van der Waals surface area contributed by atoms with E-state index in [0.717, 1.165) is 107 Å². The second-order valence-corrected chi connectivity index (χ2v) is 19.1. The lowest BCUT2D eigenvalue weighted by molar-refractivity contribution is -0.138. The summed E-state index contributed by atoms with van der Waals surface area (Å²) >= 11 is 0. The number of aldehydes is 1. The van der Waals surface area contributed by atoms with Gasteiger partial charge in [-0.15, -0.1) is 0 Å². The summed E-state index contributed by atoms with van der Waals surface area (Å²) in [6.45, 7) is 3.68. The Hall–Kier alpha value is -4.27. The molecule has 2 aliphatic heterocycles. The summed E-state index contributed by atoms with van der Waals surface area (Å²) < 4.78 is 133. The minimum Gasteiger partial charge on any atom is -0.317 e. The molecule has 61 heavy (non-hydrogen) atoms. The number of carbonyl (C=O) groups excluding carboxylic acids is 1. The molecule has 2 aliphatic carbocycles. The first kappa shape index (κ1) is 46.2. The summed E-state index contributed by atoms with van der Waals surface area (Å²) in [6, 6.07) is 14.9. The van der Waals surface area contributed by atoms with Gasteiger partial charge in [0, 0.05) is 74.2 Å². The maximum Gasteiger partial charge on any atom is 0.416 e. The minimum atomic E-state index is -4.58. The lowest BCUT2D eigenvalue weighted by Crippen LogP contribution is -2.48. The van der Waals surface area contributed by atoms with Crippen molar-refractivity contribution in [1.29, 1.82) is 0 Å². The second-order valence-electron chi connectivity index (χ2n) is 15.4. The fraction of sp³-hybridized carbons (Fsp3) is 0.452. The summed E-state index contributed by atoms with van der Waals surface area (Å²) in [6.07, 6.45) is 4.12. The Morgan fingerprint density at radius 1 is 0.623 bits per heavy atom. The molecule has 2 saturated carbocycles. The van der Waals surface area contributed by atoms with Crippen molar-refractivity contribution in [2.45, 2.75) is 104 Å². The van der Waals surface area contributed by atoms with Crippen LogP contribution in [-0.2, 0) is 38.9 Å². The number of likely N-dealkylation sites (tertiary alicyclic amines) is 1. The number of rotatable bonds is 11. The maximum absolute atomic E-state index is 13.3. The third kappa shape index (κ3) is 12.4. The first-order chi connectivity index (χ1) is 29.0. The molecule has 2 aromatic heterocycles. The molecule has 2 aromatic carbocycles. The highest BCUT2D eigenvalue weighted by Gasteiger charge is 2.45. The van der Waals surface area contributed by atoms with Gasteiger partial charge in [-0.3, -0.25) is 19.7 Å². The van der Waals surface area contributed by atoms with E-state index in [9.17, 15) is 48.0 Å². The van der Waals surface area contributed by atoms with Crippen LogP contribution < -0.4 is 5.32 Å². The van der Waals surface area contributed by atoms with Crippen molar-refractivity contribution in [1.82, 2.24) is 28.8 Å². The molecule has 330 valence electrons. The highest BCUT2D eigenvalue weighted by Crippen LogP contribution is 2.40. The fourth-order valence-corrected chi connectivity index (χ4v) is 11.5. The zero-order valence-corrected chi connectivity index (χ0v) is 34.8. The number of halogens is 6. The standard InChI is InChI=1S/C21H24F3N3O2S.C15H19F3N2O2S.C6H5NO/c22-21(23,24)17-4-1-5-20(13-17)30(28,29)27(18-6-7-18)19-8-11-26(12-9-19)15-16-3-2-10-25-14-16;16-15(17,18)11-2-1-3-14(10-11)23(21,22)20(12-4-5-12)13-6-8-19-9-7-13;8-5-6-2-1-3-7-4-6/h1-5,10,13-14,18-19H,6-9,11-12,15H2;1-3,10,12-13,19H,4-9H2;1-5H. The molecule has 0 atom stereocenters. The number of piperidine rings is 2. The highest BCUT2D eigenvalue weighted by atomic mass is 32.2. The monoisotopic (exact) mass is 894 g/mol. The van der Waals surface area contributed by atoms with Gasteiger partial charge in [-0.2, -0.15) is 35.0 Å². The van der Waals surface area contributed by atoms with Crippen LogP contribution >= 0.6 is 0 Å². The molecule has 0 bridgehead atoms. The van der Waals surface area contributed by atoms with E-state index in [1.807, 2.05) is 18.3 Å². The second kappa shape index (κ2) is 19.8. The zero-order valence-electron chi connectivity index (χ0n) is 33.2. The predicted molar refractivity (Wildman–Crippen MR) is 215 cm³/mol. The number of aromatic nitrogens is 2.